The van der Waals surface area contributed by atoms with E-state index in [0.29, 0.717) is 6.04 Å². The normalized spacial score (nSPS) is 16.8. The fourth-order valence-corrected chi connectivity index (χ4v) is 2.71. The molecule has 1 aromatic rings. The van der Waals surface area contributed by atoms with E-state index in [-0.39, 0.29) is 10.8 Å². The van der Waals surface area contributed by atoms with Crippen LogP contribution in [0.5, 0.6) is 0 Å². The number of aryl methyl sites for hydroxylation is 1. The van der Waals surface area contributed by atoms with Crippen LogP contribution in [0.1, 0.15) is 38.2 Å². The smallest absolute Gasteiger partial charge is 0.144 e. The molecule has 1 nitrogen and oxygen atoms in total. The lowest BCUT2D eigenvalue weighted by Gasteiger charge is -2.17. The number of rotatable bonds is 7. The van der Waals surface area contributed by atoms with Gasteiger partial charge in [0.25, 0.3) is 0 Å². The average molecular weight is 270 g/mol. The van der Waals surface area contributed by atoms with Gasteiger partial charge < -0.3 is 5.32 Å². The van der Waals surface area contributed by atoms with Crippen LogP contribution >= 0.6 is 11.6 Å². The van der Waals surface area contributed by atoms with Crippen molar-refractivity contribution in [2.75, 3.05) is 6.54 Å². The summed E-state index contributed by atoms with van der Waals surface area (Å²) in [4.78, 5) is 0. The van der Waals surface area contributed by atoms with Gasteiger partial charge in [-0.05, 0) is 56.2 Å². The summed E-state index contributed by atoms with van der Waals surface area (Å²) in [6.45, 7) is 3.17. The fourth-order valence-electron chi connectivity index (χ4n) is 2.52. The Kier molecular flexibility index (Phi) is 5.02. The van der Waals surface area contributed by atoms with E-state index in [1.807, 2.05) is 12.1 Å². The Labute approximate surface area is 114 Å². The number of nitrogens with one attached hydrogen (secondary N) is 1. The Balaban J connectivity index is 1.81. The first-order chi connectivity index (χ1) is 8.72. The largest absolute Gasteiger partial charge is 0.314 e. The zero-order chi connectivity index (χ0) is 13.0. The minimum atomic E-state index is -0.245. The molecule has 1 unspecified atom stereocenters. The molecule has 1 fully saturated rings. The van der Waals surface area contributed by atoms with Gasteiger partial charge in [-0.1, -0.05) is 30.7 Å². The molecule has 0 aliphatic heterocycles. The zero-order valence-electron chi connectivity index (χ0n) is 10.9. The van der Waals surface area contributed by atoms with Gasteiger partial charge in [-0.3, -0.25) is 0 Å². The molecule has 0 spiro atoms. The lowest BCUT2D eigenvalue weighted by molar-refractivity contribution is 0.433. The van der Waals surface area contributed by atoms with E-state index in [1.54, 1.807) is 6.07 Å². The second-order valence-corrected chi connectivity index (χ2v) is 5.51. The highest BCUT2D eigenvalue weighted by atomic mass is 35.5. The first-order valence-electron chi connectivity index (χ1n) is 6.88. The van der Waals surface area contributed by atoms with Crippen molar-refractivity contribution in [3.05, 3.63) is 34.6 Å². The van der Waals surface area contributed by atoms with Crippen molar-refractivity contribution in [2.45, 2.75) is 45.1 Å². The van der Waals surface area contributed by atoms with Crippen molar-refractivity contribution in [2.24, 2.45) is 5.92 Å². The molecule has 0 saturated heterocycles. The lowest BCUT2D eigenvalue weighted by atomic mass is 10.0. The molecule has 2 rings (SSSR count). The van der Waals surface area contributed by atoms with E-state index in [4.69, 9.17) is 11.6 Å². The molecule has 100 valence electrons. The Morgan fingerprint density at radius 1 is 1.44 bits per heavy atom. The molecule has 1 aromatic carbocycles. The van der Waals surface area contributed by atoms with Crippen LogP contribution in [0.2, 0.25) is 5.02 Å². The number of hydrogen-bond acceptors (Lipinski definition) is 1. The van der Waals surface area contributed by atoms with Crippen LogP contribution in [0.4, 0.5) is 4.39 Å². The van der Waals surface area contributed by atoms with Crippen molar-refractivity contribution in [1.29, 1.82) is 0 Å². The van der Waals surface area contributed by atoms with Gasteiger partial charge in [-0.15, -0.1) is 0 Å². The molecule has 0 heterocycles. The van der Waals surface area contributed by atoms with Crippen molar-refractivity contribution in [3.63, 3.8) is 0 Å². The van der Waals surface area contributed by atoms with Crippen molar-refractivity contribution >= 4 is 11.6 Å². The summed E-state index contributed by atoms with van der Waals surface area (Å²) in [5, 5.41) is 3.77. The van der Waals surface area contributed by atoms with Gasteiger partial charge in [0, 0.05) is 6.04 Å². The van der Waals surface area contributed by atoms with Crippen LogP contribution in [-0.4, -0.2) is 12.6 Å². The first kappa shape index (κ1) is 13.8. The summed E-state index contributed by atoms with van der Waals surface area (Å²) in [5.74, 6) is 0.611. The molecule has 1 saturated carbocycles. The maximum atomic E-state index is 13.7. The molecule has 1 aliphatic carbocycles. The van der Waals surface area contributed by atoms with E-state index in [9.17, 15) is 4.39 Å². The third-order valence-corrected chi connectivity index (χ3v) is 3.94. The van der Waals surface area contributed by atoms with Gasteiger partial charge in [0.15, 0.2) is 0 Å². The second-order valence-electron chi connectivity index (χ2n) is 5.11. The Morgan fingerprint density at radius 3 is 2.89 bits per heavy atom. The van der Waals surface area contributed by atoms with Gasteiger partial charge in [-0.25, -0.2) is 4.39 Å². The average Bonchev–Trinajstić information content (AvgIpc) is 3.17. The molecule has 1 N–H and O–H groups in total. The summed E-state index contributed by atoms with van der Waals surface area (Å²) < 4.78 is 13.7. The predicted molar refractivity (Wildman–Crippen MR) is 74.5 cm³/mol. The molecular weight excluding hydrogens is 249 g/mol. The quantitative estimate of drug-likeness (QED) is 0.783. The zero-order valence-corrected chi connectivity index (χ0v) is 11.6. The van der Waals surface area contributed by atoms with Crippen molar-refractivity contribution in [1.82, 2.24) is 5.32 Å². The first-order valence-corrected chi connectivity index (χ1v) is 7.26. The highest BCUT2D eigenvalue weighted by molar-refractivity contribution is 6.30. The van der Waals surface area contributed by atoms with Crippen LogP contribution in [0.3, 0.4) is 0 Å². The van der Waals surface area contributed by atoms with Crippen LogP contribution in [0.25, 0.3) is 0 Å². The standard InChI is InChI=1S/C15H21ClFN/c1-2-18-14(11-9-10-11)8-4-6-12-5-3-7-13(16)15(12)17/h3,5,7,11,14,18H,2,4,6,8-10H2,1H3. The molecule has 0 bridgehead atoms. The number of benzene rings is 1. The van der Waals surface area contributed by atoms with E-state index < -0.39 is 0 Å². The summed E-state index contributed by atoms with van der Waals surface area (Å²) in [7, 11) is 0. The number of hydrogen-bond donors (Lipinski definition) is 1. The summed E-state index contributed by atoms with van der Waals surface area (Å²) in [6, 6.07) is 5.88. The fraction of sp³-hybridized carbons (Fsp3) is 0.600. The van der Waals surface area contributed by atoms with E-state index in [2.05, 4.69) is 12.2 Å². The van der Waals surface area contributed by atoms with Gasteiger partial charge in [0.1, 0.15) is 5.82 Å². The Bertz CT molecular complexity index is 390. The van der Waals surface area contributed by atoms with E-state index in [0.717, 1.165) is 37.3 Å². The summed E-state index contributed by atoms with van der Waals surface area (Å²) in [5.41, 5.74) is 0.744. The minimum Gasteiger partial charge on any atom is -0.314 e. The SMILES string of the molecule is CCNC(CCCc1cccc(Cl)c1F)C1CC1. The summed E-state index contributed by atoms with van der Waals surface area (Å²) >= 11 is 5.78. The van der Waals surface area contributed by atoms with Gasteiger partial charge in [0.2, 0.25) is 0 Å². The minimum absolute atomic E-state index is 0.234. The molecular formula is C15H21ClFN. The monoisotopic (exact) mass is 269 g/mol. The molecule has 18 heavy (non-hydrogen) atoms. The maximum Gasteiger partial charge on any atom is 0.144 e. The Hall–Kier alpha value is -0.600. The third-order valence-electron chi connectivity index (χ3n) is 3.65. The highest BCUT2D eigenvalue weighted by Gasteiger charge is 2.29. The van der Waals surface area contributed by atoms with Crippen LogP contribution in [0.15, 0.2) is 18.2 Å². The number of halogens is 2. The lowest BCUT2D eigenvalue weighted by Crippen LogP contribution is -2.30. The van der Waals surface area contributed by atoms with Gasteiger partial charge in [0.05, 0.1) is 5.02 Å². The molecule has 1 aliphatic rings. The second kappa shape index (κ2) is 6.53. The Morgan fingerprint density at radius 2 is 2.22 bits per heavy atom. The van der Waals surface area contributed by atoms with Crippen LogP contribution in [0, 0.1) is 11.7 Å². The van der Waals surface area contributed by atoms with Gasteiger partial charge in [-0.2, -0.15) is 0 Å². The van der Waals surface area contributed by atoms with E-state index in [1.165, 1.54) is 12.8 Å². The van der Waals surface area contributed by atoms with Crippen molar-refractivity contribution in [3.8, 4) is 0 Å². The van der Waals surface area contributed by atoms with E-state index >= 15 is 0 Å². The predicted octanol–water partition coefficient (Wildman–Crippen LogP) is 4.19. The highest BCUT2D eigenvalue weighted by Crippen LogP contribution is 2.34. The maximum absolute atomic E-state index is 13.7. The molecule has 3 heteroatoms. The summed E-state index contributed by atoms with van der Waals surface area (Å²) in [6.07, 6.45) is 5.63. The van der Waals surface area contributed by atoms with Gasteiger partial charge >= 0.3 is 0 Å². The molecule has 0 radical (unpaired) electrons. The third kappa shape index (κ3) is 3.69. The topological polar surface area (TPSA) is 12.0 Å². The molecule has 1 atom stereocenters. The van der Waals surface area contributed by atoms with Crippen molar-refractivity contribution < 1.29 is 4.39 Å². The molecule has 0 amide bonds. The molecule has 0 aromatic heterocycles. The van der Waals surface area contributed by atoms with Crippen LogP contribution in [-0.2, 0) is 6.42 Å². The van der Waals surface area contributed by atoms with Crippen LogP contribution < -0.4 is 5.32 Å².